The molecular formula is C22H22N2O2S. The lowest BCUT2D eigenvalue weighted by molar-refractivity contribution is 0.0937. The summed E-state index contributed by atoms with van der Waals surface area (Å²) >= 11 is 1.20. The SMILES string of the molecule is C[C@H](NC(=O)c1ccc(C(=O)N[C@H](C)c2ccccc2)s1)c1ccccc1. The number of hydrogen-bond donors (Lipinski definition) is 2. The highest BCUT2D eigenvalue weighted by molar-refractivity contribution is 7.15. The van der Waals surface area contributed by atoms with E-state index in [9.17, 15) is 9.59 Å². The van der Waals surface area contributed by atoms with Gasteiger partial charge in [-0.15, -0.1) is 11.3 Å². The van der Waals surface area contributed by atoms with E-state index in [1.165, 1.54) is 11.3 Å². The maximum atomic E-state index is 12.5. The zero-order valence-electron chi connectivity index (χ0n) is 15.3. The van der Waals surface area contributed by atoms with Crippen molar-refractivity contribution in [2.45, 2.75) is 25.9 Å². The highest BCUT2D eigenvalue weighted by atomic mass is 32.1. The van der Waals surface area contributed by atoms with E-state index in [-0.39, 0.29) is 23.9 Å². The number of carbonyl (C=O) groups is 2. The molecule has 3 rings (SSSR count). The van der Waals surface area contributed by atoms with Crippen LogP contribution in [0.4, 0.5) is 0 Å². The van der Waals surface area contributed by atoms with Crippen LogP contribution in [0.25, 0.3) is 0 Å². The molecule has 0 bridgehead atoms. The van der Waals surface area contributed by atoms with Gasteiger partial charge in [0.25, 0.3) is 11.8 Å². The number of hydrogen-bond acceptors (Lipinski definition) is 3. The van der Waals surface area contributed by atoms with Gasteiger partial charge in [-0.2, -0.15) is 0 Å². The Hall–Kier alpha value is -2.92. The fourth-order valence-corrected chi connectivity index (χ4v) is 3.58. The largest absolute Gasteiger partial charge is 0.345 e. The van der Waals surface area contributed by atoms with Crippen molar-refractivity contribution in [2.75, 3.05) is 0 Å². The van der Waals surface area contributed by atoms with Crippen LogP contribution >= 0.6 is 11.3 Å². The van der Waals surface area contributed by atoms with Gasteiger partial charge in [0.15, 0.2) is 0 Å². The van der Waals surface area contributed by atoms with E-state index in [1.54, 1.807) is 12.1 Å². The standard InChI is InChI=1S/C22H22N2O2S/c1-15(17-9-5-3-6-10-17)23-21(25)19-13-14-20(27-19)22(26)24-16(2)18-11-7-4-8-12-18/h3-16H,1-2H3,(H,23,25)(H,24,26)/t15-,16+. The molecule has 2 atom stereocenters. The minimum atomic E-state index is -0.175. The van der Waals surface area contributed by atoms with Crippen LogP contribution in [0.2, 0.25) is 0 Å². The molecule has 0 spiro atoms. The summed E-state index contributed by atoms with van der Waals surface area (Å²) < 4.78 is 0. The van der Waals surface area contributed by atoms with Crippen LogP contribution in [0.5, 0.6) is 0 Å². The fourth-order valence-electron chi connectivity index (χ4n) is 2.77. The molecule has 0 unspecified atom stereocenters. The molecule has 2 N–H and O–H groups in total. The van der Waals surface area contributed by atoms with Crippen LogP contribution in [0, 0.1) is 0 Å². The highest BCUT2D eigenvalue weighted by Crippen LogP contribution is 2.20. The summed E-state index contributed by atoms with van der Waals surface area (Å²) in [5.74, 6) is -0.349. The summed E-state index contributed by atoms with van der Waals surface area (Å²) in [5, 5.41) is 5.94. The van der Waals surface area contributed by atoms with Crippen LogP contribution in [0.3, 0.4) is 0 Å². The monoisotopic (exact) mass is 378 g/mol. The first-order valence-electron chi connectivity index (χ1n) is 8.86. The Morgan fingerprint density at radius 3 is 1.41 bits per heavy atom. The van der Waals surface area contributed by atoms with Crippen molar-refractivity contribution in [3.63, 3.8) is 0 Å². The Bertz CT molecular complexity index is 832. The maximum absolute atomic E-state index is 12.5. The molecule has 1 heterocycles. The van der Waals surface area contributed by atoms with Gasteiger partial charge in [0.05, 0.1) is 21.8 Å². The van der Waals surface area contributed by atoms with Crippen molar-refractivity contribution in [1.29, 1.82) is 0 Å². The average molecular weight is 378 g/mol. The van der Waals surface area contributed by atoms with Crippen molar-refractivity contribution in [2.24, 2.45) is 0 Å². The maximum Gasteiger partial charge on any atom is 0.261 e. The van der Waals surface area contributed by atoms with Crippen LogP contribution in [-0.4, -0.2) is 11.8 Å². The zero-order valence-corrected chi connectivity index (χ0v) is 16.1. The van der Waals surface area contributed by atoms with E-state index < -0.39 is 0 Å². The zero-order chi connectivity index (χ0) is 19.2. The van der Waals surface area contributed by atoms with E-state index in [2.05, 4.69) is 10.6 Å². The number of nitrogens with one attached hydrogen (secondary N) is 2. The van der Waals surface area contributed by atoms with E-state index in [0.717, 1.165) is 11.1 Å². The quantitative estimate of drug-likeness (QED) is 0.651. The van der Waals surface area contributed by atoms with E-state index in [1.807, 2.05) is 74.5 Å². The van der Waals surface area contributed by atoms with Crippen molar-refractivity contribution >= 4 is 23.2 Å². The Kier molecular flexibility index (Phi) is 6.04. The predicted octanol–water partition coefficient (Wildman–Crippen LogP) is 4.73. The van der Waals surface area contributed by atoms with Crippen LogP contribution < -0.4 is 10.6 Å². The molecule has 138 valence electrons. The van der Waals surface area contributed by atoms with E-state index in [0.29, 0.717) is 9.75 Å². The van der Waals surface area contributed by atoms with Crippen LogP contribution in [0.1, 0.15) is 56.4 Å². The fraction of sp³-hybridized carbons (Fsp3) is 0.182. The lowest BCUT2D eigenvalue weighted by Crippen LogP contribution is -2.26. The Labute approximate surface area is 163 Å². The molecule has 4 nitrogen and oxygen atoms in total. The first-order chi connectivity index (χ1) is 13.0. The first kappa shape index (κ1) is 18.9. The van der Waals surface area contributed by atoms with Crippen LogP contribution in [-0.2, 0) is 0 Å². The smallest absolute Gasteiger partial charge is 0.261 e. The number of thiophene rings is 1. The van der Waals surface area contributed by atoms with Crippen molar-refractivity contribution in [3.8, 4) is 0 Å². The Balaban J connectivity index is 1.62. The summed E-state index contributed by atoms with van der Waals surface area (Å²) in [4.78, 5) is 26.0. The molecule has 1 aromatic heterocycles. The molecule has 3 aromatic rings. The summed E-state index contributed by atoms with van der Waals surface area (Å²) in [6.45, 7) is 3.88. The normalized spacial score (nSPS) is 12.8. The number of carbonyl (C=O) groups excluding carboxylic acids is 2. The van der Waals surface area contributed by atoms with Crippen molar-refractivity contribution < 1.29 is 9.59 Å². The molecule has 2 amide bonds. The van der Waals surface area contributed by atoms with Crippen LogP contribution in [0.15, 0.2) is 72.8 Å². The van der Waals surface area contributed by atoms with E-state index >= 15 is 0 Å². The molecule has 27 heavy (non-hydrogen) atoms. The highest BCUT2D eigenvalue weighted by Gasteiger charge is 2.17. The van der Waals surface area contributed by atoms with Gasteiger partial charge in [0.2, 0.25) is 0 Å². The van der Waals surface area contributed by atoms with Gasteiger partial charge in [-0.25, -0.2) is 0 Å². The third-order valence-electron chi connectivity index (χ3n) is 4.35. The minimum absolute atomic E-state index is 0.101. The molecule has 0 aliphatic carbocycles. The van der Waals surface area contributed by atoms with Crippen molar-refractivity contribution in [3.05, 3.63) is 93.7 Å². The van der Waals surface area contributed by atoms with E-state index in [4.69, 9.17) is 0 Å². The Morgan fingerprint density at radius 1 is 0.667 bits per heavy atom. The first-order valence-corrected chi connectivity index (χ1v) is 9.67. The second-order valence-corrected chi connectivity index (χ2v) is 7.46. The molecule has 0 aliphatic rings. The molecule has 0 fully saturated rings. The topological polar surface area (TPSA) is 58.2 Å². The molecule has 0 radical (unpaired) electrons. The van der Waals surface area contributed by atoms with Gasteiger partial charge < -0.3 is 10.6 Å². The third-order valence-corrected chi connectivity index (χ3v) is 5.43. The molecular weight excluding hydrogens is 356 g/mol. The summed E-state index contributed by atoms with van der Waals surface area (Å²) in [6.07, 6.45) is 0. The lowest BCUT2D eigenvalue weighted by atomic mass is 10.1. The lowest BCUT2D eigenvalue weighted by Gasteiger charge is -2.14. The summed E-state index contributed by atoms with van der Waals surface area (Å²) in [5.41, 5.74) is 2.08. The Morgan fingerprint density at radius 2 is 1.04 bits per heavy atom. The average Bonchev–Trinajstić information content (AvgIpc) is 3.20. The van der Waals surface area contributed by atoms with Gasteiger partial charge in [-0.05, 0) is 37.1 Å². The molecule has 0 saturated carbocycles. The summed E-state index contributed by atoms with van der Waals surface area (Å²) in [7, 11) is 0. The van der Waals surface area contributed by atoms with Crippen molar-refractivity contribution in [1.82, 2.24) is 10.6 Å². The van der Waals surface area contributed by atoms with Gasteiger partial charge in [-0.1, -0.05) is 60.7 Å². The van der Waals surface area contributed by atoms with Gasteiger partial charge in [0.1, 0.15) is 0 Å². The molecule has 0 aliphatic heterocycles. The molecule has 5 heteroatoms. The number of rotatable bonds is 6. The molecule has 0 saturated heterocycles. The van der Waals surface area contributed by atoms with Gasteiger partial charge in [0, 0.05) is 0 Å². The second-order valence-electron chi connectivity index (χ2n) is 6.38. The van der Waals surface area contributed by atoms with Gasteiger partial charge in [-0.3, -0.25) is 9.59 Å². The number of amides is 2. The minimum Gasteiger partial charge on any atom is -0.345 e. The second kappa shape index (κ2) is 8.64. The molecule has 2 aromatic carbocycles. The van der Waals surface area contributed by atoms with Gasteiger partial charge >= 0.3 is 0 Å². The number of benzene rings is 2. The third kappa shape index (κ3) is 4.83. The summed E-state index contributed by atoms with van der Waals surface area (Å²) in [6, 6.07) is 22.8. The predicted molar refractivity (Wildman–Crippen MR) is 109 cm³/mol.